The molecule has 0 radical (unpaired) electrons. The number of nitrogens with one attached hydrogen (secondary N) is 2. The monoisotopic (exact) mass is 754 g/mol. The predicted molar refractivity (Wildman–Crippen MR) is 183 cm³/mol. The Bertz CT molecular complexity index is 1790. The maximum absolute atomic E-state index is 13.0. The summed E-state index contributed by atoms with van der Waals surface area (Å²) in [6.45, 7) is 4.44. The minimum absolute atomic E-state index is 0. The highest BCUT2D eigenvalue weighted by molar-refractivity contribution is 9.10. The molecule has 0 atom stereocenters. The Balaban J connectivity index is 0.00000576. The van der Waals surface area contributed by atoms with Gasteiger partial charge in [-0.3, -0.25) is 14.0 Å². The zero-order valence-corrected chi connectivity index (χ0v) is 29.0. The second kappa shape index (κ2) is 16.0. The first-order valence-electron chi connectivity index (χ1n) is 13.5. The third kappa shape index (κ3) is 8.21. The molecule has 2 aromatic heterocycles. The van der Waals surface area contributed by atoms with Gasteiger partial charge in [0.15, 0.2) is 11.4 Å². The molecule has 0 saturated carbocycles. The summed E-state index contributed by atoms with van der Waals surface area (Å²) in [6.07, 6.45) is 1.02. The van der Waals surface area contributed by atoms with Gasteiger partial charge in [-0.25, -0.2) is 19.5 Å². The van der Waals surface area contributed by atoms with Gasteiger partial charge in [0.2, 0.25) is 11.8 Å². The number of nitrogens with zero attached hydrogens (tertiary/aromatic N) is 4. The number of likely N-dealkylation sites (N-methyl/N-ethyl adjacent to an activating group) is 1. The summed E-state index contributed by atoms with van der Waals surface area (Å²) in [5.41, 5.74) is 2.72. The van der Waals surface area contributed by atoms with Crippen molar-refractivity contribution in [1.29, 1.82) is 0 Å². The van der Waals surface area contributed by atoms with Crippen molar-refractivity contribution in [3.05, 3.63) is 80.6 Å². The molecule has 4 aromatic rings. The van der Waals surface area contributed by atoms with Crippen molar-refractivity contribution in [2.75, 3.05) is 35.3 Å². The second-order valence-corrected chi connectivity index (χ2v) is 11.1. The van der Waals surface area contributed by atoms with Crippen LogP contribution >= 0.6 is 51.5 Å². The molecule has 4 rings (SSSR count). The van der Waals surface area contributed by atoms with E-state index in [-0.39, 0.29) is 48.6 Å². The van der Waals surface area contributed by atoms with E-state index in [0.717, 1.165) is 15.2 Å². The van der Waals surface area contributed by atoms with E-state index in [1.807, 2.05) is 23.6 Å². The first-order chi connectivity index (χ1) is 21.4. The molecule has 0 saturated heterocycles. The Kier molecular flexibility index (Phi) is 12.7. The topological polar surface area (TPSA) is 135 Å². The quantitative estimate of drug-likeness (QED) is 0.188. The van der Waals surface area contributed by atoms with Crippen LogP contribution in [0.1, 0.15) is 25.1 Å². The summed E-state index contributed by atoms with van der Waals surface area (Å²) in [6, 6.07) is 12.2. The van der Waals surface area contributed by atoms with Crippen molar-refractivity contribution in [2.24, 2.45) is 0 Å². The first kappa shape index (κ1) is 36.4. The standard InChI is InChI=1S/C30H29BrCl2N6O6.ClH/c1-5-44-30(43)39(18(3)40)20-9-6-8-19(14-20)36-29(42)34-15-25(41)37(4)23-12-11-22(32)21(26(23)33)16-45-24-10-7-13-38-27(31)17(2)35-28(24)38;/h6-14H,5,15-16H2,1-4H3,(H2,34,36,42);1H. The average Bonchev–Trinajstić information content (AvgIpc) is 3.29. The third-order valence-electron chi connectivity index (χ3n) is 6.52. The van der Waals surface area contributed by atoms with Gasteiger partial charge in [0.1, 0.15) is 11.2 Å². The SMILES string of the molecule is CCOC(=O)N(C(C)=O)c1cccc(NC(=O)NCC(=O)N(C)c2ccc(Cl)c(COc3cccn4c(Br)c(C)nc34)c2Cl)c1.Cl. The summed E-state index contributed by atoms with van der Waals surface area (Å²) in [7, 11) is 1.52. The lowest BCUT2D eigenvalue weighted by molar-refractivity contribution is -0.117. The van der Waals surface area contributed by atoms with Gasteiger partial charge in [-0.15, -0.1) is 12.4 Å². The lowest BCUT2D eigenvalue weighted by Crippen LogP contribution is -2.40. The Morgan fingerprint density at radius 1 is 1.09 bits per heavy atom. The number of pyridine rings is 1. The van der Waals surface area contributed by atoms with E-state index in [2.05, 4.69) is 31.5 Å². The van der Waals surface area contributed by atoms with Crippen LogP contribution in [0.4, 0.5) is 26.7 Å². The largest absolute Gasteiger partial charge is 0.485 e. The molecular weight excluding hydrogens is 727 g/mol. The highest BCUT2D eigenvalue weighted by Crippen LogP contribution is 2.35. The highest BCUT2D eigenvalue weighted by Gasteiger charge is 2.23. The molecule has 0 aliphatic heterocycles. The number of fused-ring (bicyclic) bond motifs is 1. The number of aromatic nitrogens is 2. The summed E-state index contributed by atoms with van der Waals surface area (Å²) in [5.74, 6) is -0.510. The van der Waals surface area contributed by atoms with Gasteiger partial charge in [0.25, 0.3) is 0 Å². The van der Waals surface area contributed by atoms with Crippen LogP contribution in [0.3, 0.4) is 0 Å². The summed E-state index contributed by atoms with van der Waals surface area (Å²) in [5, 5.41) is 5.63. The highest BCUT2D eigenvalue weighted by atomic mass is 79.9. The number of carbonyl (C=O) groups excluding carboxylic acids is 4. The van der Waals surface area contributed by atoms with Crippen LogP contribution in [-0.2, 0) is 20.9 Å². The molecule has 0 bridgehead atoms. The van der Waals surface area contributed by atoms with Crippen molar-refractivity contribution in [1.82, 2.24) is 14.7 Å². The van der Waals surface area contributed by atoms with E-state index in [9.17, 15) is 19.2 Å². The van der Waals surface area contributed by atoms with Crippen LogP contribution in [0.15, 0.2) is 59.3 Å². The van der Waals surface area contributed by atoms with Crippen molar-refractivity contribution in [3.63, 3.8) is 0 Å². The van der Waals surface area contributed by atoms with Crippen LogP contribution in [0, 0.1) is 6.92 Å². The number of imidazole rings is 1. The van der Waals surface area contributed by atoms with Crippen LogP contribution in [0.2, 0.25) is 10.0 Å². The Morgan fingerprint density at radius 3 is 2.52 bits per heavy atom. The van der Waals surface area contributed by atoms with Crippen LogP contribution in [0.25, 0.3) is 5.65 Å². The number of rotatable bonds is 9. The number of aryl methyl sites for hydroxylation is 1. The van der Waals surface area contributed by atoms with E-state index in [4.69, 9.17) is 32.7 Å². The fraction of sp³-hybridized carbons (Fsp3) is 0.233. The molecular formula is C30H30BrCl3N6O6. The predicted octanol–water partition coefficient (Wildman–Crippen LogP) is 7.01. The third-order valence-corrected chi connectivity index (χ3v) is 8.25. The Morgan fingerprint density at radius 2 is 1.83 bits per heavy atom. The number of urea groups is 1. The lowest BCUT2D eigenvalue weighted by atomic mass is 10.2. The summed E-state index contributed by atoms with van der Waals surface area (Å²) in [4.78, 5) is 56.5. The van der Waals surface area contributed by atoms with Crippen molar-refractivity contribution in [3.8, 4) is 5.75 Å². The lowest BCUT2D eigenvalue weighted by Gasteiger charge is -2.21. The molecule has 0 fully saturated rings. The van der Waals surface area contributed by atoms with Gasteiger partial charge < -0.3 is 25.0 Å². The van der Waals surface area contributed by atoms with E-state index >= 15 is 0 Å². The molecule has 12 nitrogen and oxygen atoms in total. The van der Waals surface area contributed by atoms with Crippen molar-refractivity contribution in [2.45, 2.75) is 27.4 Å². The minimum Gasteiger partial charge on any atom is -0.485 e. The molecule has 0 aliphatic rings. The van der Waals surface area contributed by atoms with Gasteiger partial charge in [-0.1, -0.05) is 29.3 Å². The van der Waals surface area contributed by atoms with Gasteiger partial charge >= 0.3 is 12.1 Å². The van der Waals surface area contributed by atoms with E-state index in [0.29, 0.717) is 27.7 Å². The van der Waals surface area contributed by atoms with E-state index in [1.54, 1.807) is 37.3 Å². The molecule has 16 heteroatoms. The molecule has 46 heavy (non-hydrogen) atoms. The number of amides is 5. The van der Waals surface area contributed by atoms with Crippen LogP contribution in [-0.4, -0.2) is 53.5 Å². The molecule has 2 heterocycles. The number of hydrogen-bond acceptors (Lipinski definition) is 7. The summed E-state index contributed by atoms with van der Waals surface area (Å²) >= 11 is 16.7. The first-order valence-corrected chi connectivity index (χ1v) is 15.1. The molecule has 2 aromatic carbocycles. The van der Waals surface area contributed by atoms with Gasteiger partial charge in [0, 0.05) is 36.4 Å². The fourth-order valence-corrected chi connectivity index (χ4v) is 5.26. The number of hydrogen-bond donors (Lipinski definition) is 2. The number of ether oxygens (including phenoxy) is 2. The van der Waals surface area contributed by atoms with E-state index < -0.39 is 23.9 Å². The van der Waals surface area contributed by atoms with Crippen molar-refractivity contribution < 1.29 is 28.7 Å². The second-order valence-electron chi connectivity index (χ2n) is 9.57. The molecule has 0 unspecified atom stereocenters. The van der Waals surface area contributed by atoms with E-state index in [1.165, 1.54) is 31.0 Å². The van der Waals surface area contributed by atoms with Crippen molar-refractivity contribution >= 4 is 98.2 Å². The maximum atomic E-state index is 13.0. The molecule has 0 spiro atoms. The minimum atomic E-state index is -0.838. The number of imide groups is 1. The Labute approximate surface area is 289 Å². The zero-order valence-electron chi connectivity index (χ0n) is 25.1. The average molecular weight is 757 g/mol. The van der Waals surface area contributed by atoms with Crippen LogP contribution in [0.5, 0.6) is 5.75 Å². The summed E-state index contributed by atoms with van der Waals surface area (Å²) < 4.78 is 13.6. The number of anilines is 3. The number of halogens is 4. The molecule has 0 aliphatic carbocycles. The normalized spacial score (nSPS) is 10.5. The molecule has 244 valence electrons. The molecule has 5 amide bonds. The maximum Gasteiger partial charge on any atom is 0.421 e. The van der Waals surface area contributed by atoms with Gasteiger partial charge in [-0.05, 0) is 72.2 Å². The fourth-order valence-electron chi connectivity index (χ4n) is 4.28. The van der Waals surface area contributed by atoms with Gasteiger partial charge in [-0.2, -0.15) is 0 Å². The smallest absolute Gasteiger partial charge is 0.421 e. The number of benzene rings is 2. The zero-order chi connectivity index (χ0) is 32.8. The Hall–Kier alpha value is -4.04. The molecule has 2 N–H and O–H groups in total. The number of carbonyl (C=O) groups is 4. The van der Waals surface area contributed by atoms with Crippen LogP contribution < -0.4 is 25.2 Å². The van der Waals surface area contributed by atoms with Gasteiger partial charge in [0.05, 0.1) is 35.2 Å².